The number of nitrogens with zero attached hydrogens (tertiary/aromatic N) is 2. The average molecular weight is 377 g/mol. The molecule has 0 saturated heterocycles. The number of aromatic amines is 1. The molecule has 2 aromatic heterocycles. The molecule has 1 N–H and O–H groups in total. The number of rotatable bonds is 5. The summed E-state index contributed by atoms with van der Waals surface area (Å²) in [4.78, 5) is 28.5. The van der Waals surface area contributed by atoms with Crippen molar-refractivity contribution in [3.05, 3.63) is 76.2 Å². The van der Waals surface area contributed by atoms with Crippen molar-refractivity contribution in [1.82, 2.24) is 9.88 Å². The van der Waals surface area contributed by atoms with Gasteiger partial charge in [-0.3, -0.25) is 14.9 Å². The van der Waals surface area contributed by atoms with E-state index >= 15 is 0 Å². The lowest BCUT2D eigenvalue weighted by Gasteiger charge is -2.26. The van der Waals surface area contributed by atoms with Gasteiger partial charge in [0.25, 0.3) is 11.6 Å². The summed E-state index contributed by atoms with van der Waals surface area (Å²) >= 11 is 0. The largest absolute Gasteiger partial charge is 0.459 e. The number of carbonyl (C=O) groups is 1. The van der Waals surface area contributed by atoms with Gasteiger partial charge in [-0.2, -0.15) is 0 Å². The number of nitro benzene ring substituents is 1. The van der Waals surface area contributed by atoms with Crippen LogP contribution in [0.5, 0.6) is 0 Å². The van der Waals surface area contributed by atoms with Gasteiger partial charge in [0.15, 0.2) is 0 Å². The number of furan rings is 1. The molecule has 7 heteroatoms. The Kier molecular flexibility index (Phi) is 4.35. The smallest absolute Gasteiger partial charge is 0.293 e. The molecule has 4 rings (SSSR count). The van der Waals surface area contributed by atoms with Gasteiger partial charge in [-0.05, 0) is 32.0 Å². The molecule has 0 bridgehead atoms. The van der Waals surface area contributed by atoms with Crippen molar-refractivity contribution in [2.45, 2.75) is 19.9 Å². The van der Waals surface area contributed by atoms with Gasteiger partial charge in [0.05, 0.1) is 11.0 Å². The van der Waals surface area contributed by atoms with E-state index in [4.69, 9.17) is 4.42 Å². The predicted octanol–water partition coefficient (Wildman–Crippen LogP) is 5.05. The van der Waals surface area contributed by atoms with E-state index < -0.39 is 4.92 Å². The molecule has 4 aromatic rings. The van der Waals surface area contributed by atoms with E-state index in [9.17, 15) is 14.9 Å². The maximum atomic E-state index is 13.1. The molecular formula is C21H19N3O4. The SMILES string of the molecule is CCN(C(=O)c1cc2cccc([N+](=O)[O-])c2[nH]1)[C@H](C)c1cc2ccccc2o1. The van der Waals surface area contributed by atoms with E-state index in [0.29, 0.717) is 28.9 Å². The molecule has 0 radical (unpaired) electrons. The number of fused-ring (bicyclic) bond motifs is 2. The van der Waals surface area contributed by atoms with Crippen LogP contribution in [-0.2, 0) is 0 Å². The van der Waals surface area contributed by atoms with E-state index in [0.717, 1.165) is 11.0 Å². The number of nitro groups is 1. The van der Waals surface area contributed by atoms with Crippen LogP contribution in [-0.4, -0.2) is 27.3 Å². The van der Waals surface area contributed by atoms with Crippen LogP contribution in [0.15, 0.2) is 59.0 Å². The van der Waals surface area contributed by atoms with Gasteiger partial charge in [-0.15, -0.1) is 0 Å². The van der Waals surface area contributed by atoms with Crippen LogP contribution in [0, 0.1) is 10.1 Å². The third-order valence-electron chi connectivity index (χ3n) is 4.99. The highest BCUT2D eigenvalue weighted by molar-refractivity contribution is 6.00. The molecule has 0 aliphatic rings. The highest BCUT2D eigenvalue weighted by Gasteiger charge is 2.26. The first-order valence-corrected chi connectivity index (χ1v) is 9.05. The number of carbonyl (C=O) groups excluding carboxylic acids is 1. The zero-order valence-corrected chi connectivity index (χ0v) is 15.5. The topological polar surface area (TPSA) is 92.4 Å². The zero-order valence-electron chi connectivity index (χ0n) is 15.5. The molecule has 142 valence electrons. The lowest BCUT2D eigenvalue weighted by Crippen LogP contribution is -2.33. The van der Waals surface area contributed by atoms with E-state index in [1.165, 1.54) is 6.07 Å². The van der Waals surface area contributed by atoms with Gasteiger partial charge >= 0.3 is 0 Å². The number of benzene rings is 2. The lowest BCUT2D eigenvalue weighted by atomic mass is 10.1. The second kappa shape index (κ2) is 6.84. The Morgan fingerprint density at radius 2 is 1.93 bits per heavy atom. The minimum absolute atomic E-state index is 0.0510. The van der Waals surface area contributed by atoms with Crippen molar-refractivity contribution >= 4 is 33.5 Å². The number of H-pyrrole nitrogens is 1. The Balaban J connectivity index is 1.69. The van der Waals surface area contributed by atoms with Crippen molar-refractivity contribution in [1.29, 1.82) is 0 Å². The highest BCUT2D eigenvalue weighted by atomic mass is 16.6. The summed E-state index contributed by atoms with van der Waals surface area (Å²) in [6.07, 6.45) is 0. The number of aromatic nitrogens is 1. The zero-order chi connectivity index (χ0) is 19.8. The van der Waals surface area contributed by atoms with Gasteiger partial charge in [0.2, 0.25) is 0 Å². The van der Waals surface area contributed by atoms with E-state index in [1.54, 1.807) is 23.1 Å². The molecular weight excluding hydrogens is 358 g/mol. The molecule has 7 nitrogen and oxygen atoms in total. The predicted molar refractivity (Wildman–Crippen MR) is 106 cm³/mol. The Morgan fingerprint density at radius 3 is 2.64 bits per heavy atom. The standard InChI is InChI=1S/C21H19N3O4/c1-3-23(13(2)19-12-14-7-4-5-10-18(14)28-19)21(25)16-11-15-8-6-9-17(24(26)27)20(15)22-16/h4-13,22H,3H2,1-2H3/t13-/m1/s1. The second-order valence-electron chi connectivity index (χ2n) is 6.64. The van der Waals surface area contributed by atoms with Crippen LogP contribution in [0.2, 0.25) is 0 Å². The van der Waals surface area contributed by atoms with Crippen LogP contribution in [0.1, 0.15) is 36.1 Å². The normalized spacial score (nSPS) is 12.4. The molecule has 0 unspecified atom stereocenters. The van der Waals surface area contributed by atoms with Crippen molar-refractivity contribution in [2.24, 2.45) is 0 Å². The molecule has 1 atom stereocenters. The second-order valence-corrected chi connectivity index (χ2v) is 6.64. The van der Waals surface area contributed by atoms with Crippen LogP contribution in [0.3, 0.4) is 0 Å². The Labute approximate surface area is 160 Å². The molecule has 0 fully saturated rings. The number of hydrogen-bond acceptors (Lipinski definition) is 4. The maximum absolute atomic E-state index is 13.1. The average Bonchev–Trinajstić information content (AvgIpc) is 3.31. The number of amides is 1. The summed E-state index contributed by atoms with van der Waals surface area (Å²) in [7, 11) is 0. The fourth-order valence-electron chi connectivity index (χ4n) is 3.52. The van der Waals surface area contributed by atoms with Gasteiger partial charge in [0, 0.05) is 23.4 Å². The van der Waals surface area contributed by atoms with Crippen LogP contribution < -0.4 is 0 Å². The summed E-state index contributed by atoms with van der Waals surface area (Å²) in [6.45, 7) is 4.26. The summed E-state index contributed by atoms with van der Waals surface area (Å²) in [5, 5.41) is 12.9. The number of nitrogens with one attached hydrogen (secondary N) is 1. The number of hydrogen-bond donors (Lipinski definition) is 1. The van der Waals surface area contributed by atoms with E-state index in [2.05, 4.69) is 4.98 Å². The summed E-state index contributed by atoms with van der Waals surface area (Å²) in [5.41, 5.74) is 1.39. The molecule has 0 spiro atoms. The van der Waals surface area contributed by atoms with Gasteiger partial charge in [-0.25, -0.2) is 0 Å². The quantitative estimate of drug-likeness (QED) is 0.389. The number of para-hydroxylation sites is 2. The molecule has 0 saturated carbocycles. The Morgan fingerprint density at radius 1 is 1.18 bits per heavy atom. The maximum Gasteiger partial charge on any atom is 0.293 e. The van der Waals surface area contributed by atoms with Crippen LogP contribution >= 0.6 is 0 Å². The lowest BCUT2D eigenvalue weighted by molar-refractivity contribution is -0.383. The molecule has 2 aromatic carbocycles. The van der Waals surface area contributed by atoms with Crippen LogP contribution in [0.25, 0.3) is 21.9 Å². The van der Waals surface area contributed by atoms with Crippen molar-refractivity contribution in [3.8, 4) is 0 Å². The van der Waals surface area contributed by atoms with Crippen molar-refractivity contribution in [2.75, 3.05) is 6.54 Å². The fraction of sp³-hybridized carbons (Fsp3) is 0.190. The van der Waals surface area contributed by atoms with Gasteiger partial charge in [-0.1, -0.05) is 30.3 Å². The summed E-state index contributed by atoms with van der Waals surface area (Å²) in [5.74, 6) is 0.458. The molecule has 28 heavy (non-hydrogen) atoms. The van der Waals surface area contributed by atoms with Crippen molar-refractivity contribution < 1.29 is 14.1 Å². The van der Waals surface area contributed by atoms with Gasteiger partial charge in [0.1, 0.15) is 22.6 Å². The first-order valence-electron chi connectivity index (χ1n) is 9.05. The molecule has 0 aliphatic heterocycles. The van der Waals surface area contributed by atoms with E-state index in [1.807, 2.05) is 44.2 Å². The summed E-state index contributed by atoms with van der Waals surface area (Å²) < 4.78 is 5.91. The monoisotopic (exact) mass is 377 g/mol. The highest BCUT2D eigenvalue weighted by Crippen LogP contribution is 2.30. The van der Waals surface area contributed by atoms with E-state index in [-0.39, 0.29) is 17.6 Å². The van der Waals surface area contributed by atoms with Crippen molar-refractivity contribution in [3.63, 3.8) is 0 Å². The van der Waals surface area contributed by atoms with Crippen LogP contribution in [0.4, 0.5) is 5.69 Å². The minimum Gasteiger partial charge on any atom is -0.459 e. The Bertz CT molecular complexity index is 1160. The third kappa shape index (κ3) is 2.90. The third-order valence-corrected chi connectivity index (χ3v) is 4.99. The minimum atomic E-state index is -0.457. The molecule has 1 amide bonds. The summed E-state index contributed by atoms with van der Waals surface area (Å²) in [6, 6.07) is 15.8. The van der Waals surface area contributed by atoms with Gasteiger partial charge < -0.3 is 14.3 Å². The Hall–Kier alpha value is -3.61. The number of non-ortho nitro benzene ring substituents is 1. The first-order chi connectivity index (χ1) is 13.5. The fourth-order valence-corrected chi connectivity index (χ4v) is 3.52. The molecule has 2 heterocycles. The molecule has 0 aliphatic carbocycles. The first kappa shape index (κ1) is 17.8.